The Bertz CT molecular complexity index is 540. The molecule has 2 aliphatic heterocycles. The van der Waals surface area contributed by atoms with E-state index in [1.54, 1.807) is 15.2 Å². The van der Waals surface area contributed by atoms with E-state index in [0.29, 0.717) is 13.2 Å². The SMILES string of the molecule is C[C@@H]1CCC[C@H](C2OCCO2)N1S(=O)(=O)c1cscn1. The summed E-state index contributed by atoms with van der Waals surface area (Å²) >= 11 is 1.29. The van der Waals surface area contributed by atoms with E-state index in [2.05, 4.69) is 4.98 Å². The molecule has 8 heteroatoms. The second kappa shape index (κ2) is 5.69. The van der Waals surface area contributed by atoms with E-state index in [4.69, 9.17) is 9.47 Å². The van der Waals surface area contributed by atoms with Crippen LogP contribution in [0.15, 0.2) is 15.9 Å². The maximum atomic E-state index is 12.8. The molecule has 0 N–H and O–H groups in total. The lowest BCUT2D eigenvalue weighted by atomic mass is 9.99. The van der Waals surface area contributed by atoms with Crippen molar-refractivity contribution in [3.63, 3.8) is 0 Å². The van der Waals surface area contributed by atoms with E-state index in [9.17, 15) is 8.42 Å². The summed E-state index contributed by atoms with van der Waals surface area (Å²) in [6.45, 7) is 2.99. The number of rotatable bonds is 3. The number of nitrogens with zero attached hydrogens (tertiary/aromatic N) is 2. The zero-order valence-electron chi connectivity index (χ0n) is 11.3. The number of hydrogen-bond acceptors (Lipinski definition) is 6. The first-order valence-electron chi connectivity index (χ1n) is 6.75. The van der Waals surface area contributed by atoms with Gasteiger partial charge < -0.3 is 9.47 Å². The monoisotopic (exact) mass is 318 g/mol. The second-order valence-corrected chi connectivity index (χ2v) is 7.63. The molecule has 1 aromatic rings. The molecule has 0 spiro atoms. The van der Waals surface area contributed by atoms with Gasteiger partial charge in [-0.3, -0.25) is 0 Å². The van der Waals surface area contributed by atoms with Crippen molar-refractivity contribution in [2.24, 2.45) is 0 Å². The van der Waals surface area contributed by atoms with Crippen LogP contribution in [0.1, 0.15) is 26.2 Å². The fourth-order valence-electron chi connectivity index (χ4n) is 2.91. The van der Waals surface area contributed by atoms with Crippen molar-refractivity contribution >= 4 is 21.4 Å². The lowest BCUT2D eigenvalue weighted by molar-refractivity contribution is -0.0976. The number of aromatic nitrogens is 1. The van der Waals surface area contributed by atoms with Gasteiger partial charge in [-0.2, -0.15) is 4.31 Å². The molecule has 0 aromatic carbocycles. The molecule has 2 saturated heterocycles. The molecule has 0 aliphatic carbocycles. The molecule has 20 heavy (non-hydrogen) atoms. The first kappa shape index (κ1) is 14.4. The predicted octanol–water partition coefficient (Wildman–Crippen LogP) is 1.45. The van der Waals surface area contributed by atoms with Gasteiger partial charge in [0.1, 0.15) is 0 Å². The third kappa shape index (κ3) is 2.50. The molecular weight excluding hydrogens is 300 g/mol. The fraction of sp³-hybridized carbons (Fsp3) is 0.750. The normalized spacial score (nSPS) is 29.9. The molecule has 0 amide bonds. The van der Waals surface area contributed by atoms with E-state index >= 15 is 0 Å². The zero-order chi connectivity index (χ0) is 14.2. The summed E-state index contributed by atoms with van der Waals surface area (Å²) in [5.74, 6) is 0. The Labute approximate surface area is 122 Å². The van der Waals surface area contributed by atoms with Crippen molar-refractivity contribution in [1.82, 2.24) is 9.29 Å². The van der Waals surface area contributed by atoms with Gasteiger partial charge in [-0.1, -0.05) is 6.42 Å². The smallest absolute Gasteiger partial charge is 0.262 e. The van der Waals surface area contributed by atoms with Crippen molar-refractivity contribution in [3.05, 3.63) is 10.9 Å². The molecule has 1 aromatic heterocycles. The highest BCUT2D eigenvalue weighted by Gasteiger charge is 2.44. The highest BCUT2D eigenvalue weighted by Crippen LogP contribution is 2.33. The van der Waals surface area contributed by atoms with Crippen LogP contribution in [0.4, 0.5) is 0 Å². The molecule has 0 radical (unpaired) electrons. The van der Waals surface area contributed by atoms with E-state index in [-0.39, 0.29) is 17.1 Å². The van der Waals surface area contributed by atoms with Crippen molar-refractivity contribution < 1.29 is 17.9 Å². The molecule has 3 rings (SSSR count). The van der Waals surface area contributed by atoms with Crippen LogP contribution >= 0.6 is 11.3 Å². The molecule has 2 atom stereocenters. The van der Waals surface area contributed by atoms with Crippen LogP contribution in [-0.4, -0.2) is 49.3 Å². The van der Waals surface area contributed by atoms with E-state index in [0.717, 1.165) is 19.3 Å². The topological polar surface area (TPSA) is 68.7 Å². The Morgan fingerprint density at radius 2 is 2.10 bits per heavy atom. The molecule has 2 aliphatic rings. The van der Waals surface area contributed by atoms with Gasteiger partial charge in [0.2, 0.25) is 0 Å². The molecule has 3 heterocycles. The Morgan fingerprint density at radius 1 is 1.35 bits per heavy atom. The Morgan fingerprint density at radius 3 is 2.75 bits per heavy atom. The molecule has 0 saturated carbocycles. The number of sulfonamides is 1. The summed E-state index contributed by atoms with van der Waals surface area (Å²) < 4.78 is 38.2. The molecule has 6 nitrogen and oxygen atoms in total. The van der Waals surface area contributed by atoms with Crippen LogP contribution < -0.4 is 0 Å². The van der Waals surface area contributed by atoms with E-state index in [1.165, 1.54) is 11.3 Å². The minimum absolute atomic E-state index is 0.0618. The number of thiazole rings is 1. The summed E-state index contributed by atoms with van der Waals surface area (Å²) in [5.41, 5.74) is 1.54. The maximum absolute atomic E-state index is 12.8. The predicted molar refractivity (Wildman–Crippen MR) is 73.9 cm³/mol. The van der Waals surface area contributed by atoms with Gasteiger partial charge in [0, 0.05) is 11.4 Å². The van der Waals surface area contributed by atoms with Crippen LogP contribution in [0.2, 0.25) is 0 Å². The van der Waals surface area contributed by atoms with Crippen LogP contribution in [0, 0.1) is 0 Å². The largest absolute Gasteiger partial charge is 0.349 e. The van der Waals surface area contributed by atoms with Gasteiger partial charge in [0.25, 0.3) is 10.0 Å². The molecule has 0 bridgehead atoms. The quantitative estimate of drug-likeness (QED) is 0.844. The Kier molecular flexibility index (Phi) is 4.09. The van der Waals surface area contributed by atoms with Gasteiger partial charge >= 0.3 is 0 Å². The van der Waals surface area contributed by atoms with Crippen LogP contribution in [0.5, 0.6) is 0 Å². The number of ether oxygens (including phenoxy) is 2. The van der Waals surface area contributed by atoms with Gasteiger partial charge in [-0.25, -0.2) is 13.4 Å². The summed E-state index contributed by atoms with van der Waals surface area (Å²) in [6, 6.07) is -0.318. The van der Waals surface area contributed by atoms with Crippen molar-refractivity contribution in [2.75, 3.05) is 13.2 Å². The van der Waals surface area contributed by atoms with Gasteiger partial charge in [0.15, 0.2) is 11.3 Å². The maximum Gasteiger partial charge on any atom is 0.262 e. The van der Waals surface area contributed by atoms with Gasteiger partial charge in [-0.15, -0.1) is 11.3 Å². The lowest BCUT2D eigenvalue weighted by Gasteiger charge is -2.40. The fourth-order valence-corrected chi connectivity index (χ4v) is 5.59. The second-order valence-electron chi connectivity index (χ2n) is 5.12. The highest BCUT2D eigenvalue weighted by molar-refractivity contribution is 7.89. The molecule has 2 fully saturated rings. The van der Waals surface area contributed by atoms with Crippen molar-refractivity contribution in [2.45, 2.75) is 49.6 Å². The standard InChI is InChI=1S/C12H18N2O4S2/c1-9-3-2-4-10(12-17-5-6-18-12)14(9)20(15,16)11-7-19-8-13-11/h7-10,12H,2-6H2,1H3/t9-,10-/m1/s1. The van der Waals surface area contributed by atoms with Gasteiger partial charge in [0.05, 0.1) is 24.8 Å². The third-order valence-electron chi connectivity index (χ3n) is 3.80. The Hall–Kier alpha value is -0.540. The summed E-state index contributed by atoms with van der Waals surface area (Å²) in [6.07, 6.45) is 2.15. The molecule has 112 valence electrons. The Balaban J connectivity index is 1.93. The summed E-state index contributed by atoms with van der Waals surface area (Å²) in [5, 5.41) is 1.70. The molecule has 0 unspecified atom stereocenters. The third-order valence-corrected chi connectivity index (χ3v) is 6.47. The van der Waals surface area contributed by atoms with Crippen LogP contribution in [0.3, 0.4) is 0 Å². The first-order valence-corrected chi connectivity index (χ1v) is 9.14. The van der Waals surface area contributed by atoms with E-state index < -0.39 is 16.3 Å². The van der Waals surface area contributed by atoms with Crippen molar-refractivity contribution in [1.29, 1.82) is 0 Å². The van der Waals surface area contributed by atoms with Gasteiger partial charge in [-0.05, 0) is 19.8 Å². The lowest BCUT2D eigenvalue weighted by Crippen LogP contribution is -2.53. The summed E-state index contributed by atoms with van der Waals surface area (Å²) in [7, 11) is -3.58. The van der Waals surface area contributed by atoms with Crippen LogP contribution in [0.25, 0.3) is 0 Å². The minimum atomic E-state index is -3.58. The zero-order valence-corrected chi connectivity index (χ0v) is 12.9. The average Bonchev–Trinajstić information content (AvgIpc) is 3.12. The first-order chi connectivity index (χ1) is 9.60. The molecular formula is C12H18N2O4S2. The number of hydrogen-bond donors (Lipinski definition) is 0. The number of piperidine rings is 1. The highest BCUT2D eigenvalue weighted by atomic mass is 32.2. The van der Waals surface area contributed by atoms with Crippen LogP contribution in [-0.2, 0) is 19.5 Å². The minimum Gasteiger partial charge on any atom is -0.349 e. The summed E-state index contributed by atoms with van der Waals surface area (Å²) in [4.78, 5) is 3.97. The van der Waals surface area contributed by atoms with E-state index in [1.807, 2.05) is 6.92 Å². The van der Waals surface area contributed by atoms with Crippen molar-refractivity contribution in [3.8, 4) is 0 Å². The average molecular weight is 318 g/mol.